The highest BCUT2D eigenvalue weighted by molar-refractivity contribution is 5.83. The van der Waals surface area contributed by atoms with E-state index in [-0.39, 0.29) is 31.3 Å². The molecule has 2 amide bonds. The lowest BCUT2D eigenvalue weighted by Crippen LogP contribution is -2.51. The lowest BCUT2D eigenvalue weighted by Gasteiger charge is -2.44. The van der Waals surface area contributed by atoms with Crippen molar-refractivity contribution in [1.29, 1.82) is 0 Å². The van der Waals surface area contributed by atoms with Gasteiger partial charge < -0.3 is 30.0 Å². The first-order valence-electron chi connectivity index (χ1n) is 20.2. The third-order valence-corrected chi connectivity index (χ3v) is 11.2. The van der Waals surface area contributed by atoms with Crippen LogP contribution in [0.2, 0.25) is 0 Å². The maximum absolute atomic E-state index is 13.0. The van der Waals surface area contributed by atoms with Gasteiger partial charge in [0.05, 0.1) is 25.9 Å². The molecule has 3 N–H and O–H groups in total. The molecule has 2 saturated heterocycles. The largest absolute Gasteiger partial charge is 0.467 e. The van der Waals surface area contributed by atoms with E-state index in [4.69, 9.17) is 14.2 Å². The summed E-state index contributed by atoms with van der Waals surface area (Å²) in [6.07, 6.45) is -0.538. The van der Waals surface area contributed by atoms with Gasteiger partial charge in [-0.25, -0.2) is 9.59 Å². The molecule has 0 aliphatic carbocycles. The number of benzene rings is 5. The van der Waals surface area contributed by atoms with Crippen molar-refractivity contribution in [3.8, 4) is 11.1 Å². The van der Waals surface area contributed by atoms with E-state index in [1.54, 1.807) is 0 Å². The van der Waals surface area contributed by atoms with Gasteiger partial charge in [0.2, 0.25) is 0 Å². The average Bonchev–Trinajstić information content (AvgIpc) is 3.27. The van der Waals surface area contributed by atoms with Gasteiger partial charge in [0.25, 0.3) is 0 Å². The van der Waals surface area contributed by atoms with Crippen LogP contribution in [0.4, 0.5) is 4.79 Å². The summed E-state index contributed by atoms with van der Waals surface area (Å²) in [6, 6.07) is 43.3. The molecule has 0 radical (unpaired) electrons. The Kier molecular flexibility index (Phi) is 14.0. The standard InChI is InChI=1S/C48H54N4O6/c1-34-44(32-52-25-23-51(24-26-52)31-36-13-7-4-8-14-36)57-47(58-45(34)39-21-19-37(33-53)20-22-39)42-18-10-17-41(29-42)40-16-9-15-38(27-40)30-49-48(55)50-43(46(54)56-2)28-35-11-5-3-6-12-35/h3-22,27,29,34,43-45,47,53H,23-26,28,30-33H2,1-2H3,(H2,49,50,55)/t34-,43+,44+,45+,47+/m1/s1. The molecule has 5 aromatic carbocycles. The first kappa shape index (κ1) is 40.8. The van der Waals surface area contributed by atoms with E-state index in [0.717, 1.165) is 78.2 Å². The number of rotatable bonds is 14. The minimum Gasteiger partial charge on any atom is -0.467 e. The molecule has 5 aromatic rings. The number of hydrogen-bond acceptors (Lipinski definition) is 8. The third kappa shape index (κ3) is 10.8. The Balaban J connectivity index is 1.03. The molecule has 2 aliphatic rings. The maximum atomic E-state index is 13.0. The van der Waals surface area contributed by atoms with Crippen LogP contribution in [-0.2, 0) is 45.1 Å². The number of methoxy groups -OCH3 is 1. The van der Waals surface area contributed by atoms with Gasteiger partial charge in [0, 0.05) is 63.7 Å². The molecule has 10 nitrogen and oxygen atoms in total. The Hall–Kier alpha value is -5.36. The smallest absolute Gasteiger partial charge is 0.328 e. The van der Waals surface area contributed by atoms with E-state index < -0.39 is 24.3 Å². The average molecular weight is 783 g/mol. The second-order valence-corrected chi connectivity index (χ2v) is 15.3. The maximum Gasteiger partial charge on any atom is 0.328 e. The van der Waals surface area contributed by atoms with Gasteiger partial charge in [-0.2, -0.15) is 0 Å². The van der Waals surface area contributed by atoms with Crippen molar-refractivity contribution < 1.29 is 28.9 Å². The van der Waals surface area contributed by atoms with Crippen molar-refractivity contribution in [2.45, 2.75) is 57.6 Å². The molecular weight excluding hydrogens is 729 g/mol. The summed E-state index contributed by atoms with van der Waals surface area (Å²) >= 11 is 0. The van der Waals surface area contributed by atoms with Gasteiger partial charge in [-0.1, -0.05) is 128 Å². The van der Waals surface area contributed by atoms with Crippen LogP contribution in [-0.4, -0.2) is 78.9 Å². The molecule has 302 valence electrons. The minimum absolute atomic E-state index is 0.00611. The molecule has 0 saturated carbocycles. The summed E-state index contributed by atoms with van der Waals surface area (Å²) in [6.45, 7) is 8.21. The van der Waals surface area contributed by atoms with Gasteiger partial charge in [-0.05, 0) is 51.1 Å². The number of nitrogens with one attached hydrogen (secondary N) is 2. The molecule has 5 atom stereocenters. The van der Waals surface area contributed by atoms with Crippen LogP contribution in [0.5, 0.6) is 0 Å². The van der Waals surface area contributed by atoms with Crippen molar-refractivity contribution in [3.63, 3.8) is 0 Å². The number of urea groups is 1. The second-order valence-electron chi connectivity index (χ2n) is 15.3. The molecule has 0 unspecified atom stereocenters. The topological polar surface area (TPSA) is 113 Å². The number of carbonyl (C=O) groups excluding carboxylic acids is 2. The van der Waals surface area contributed by atoms with Gasteiger partial charge in [0.15, 0.2) is 6.29 Å². The Morgan fingerprint density at radius 2 is 1.36 bits per heavy atom. The Bertz CT molecular complexity index is 2070. The minimum atomic E-state index is -0.817. The summed E-state index contributed by atoms with van der Waals surface area (Å²) in [4.78, 5) is 30.5. The highest BCUT2D eigenvalue weighted by Gasteiger charge is 2.39. The number of aliphatic hydroxyl groups excluding tert-OH is 1. The fourth-order valence-electron chi connectivity index (χ4n) is 7.86. The molecule has 0 aromatic heterocycles. The van der Waals surface area contributed by atoms with E-state index in [2.05, 4.69) is 94.1 Å². The van der Waals surface area contributed by atoms with Crippen LogP contribution in [0, 0.1) is 5.92 Å². The lowest BCUT2D eigenvalue weighted by atomic mass is 9.89. The lowest BCUT2D eigenvalue weighted by molar-refractivity contribution is -0.276. The SMILES string of the molecule is COC(=O)[C@H](Cc1ccccc1)NC(=O)NCc1cccc(-c2cccc([C@H]3O[C@@H](CN4CCN(Cc5ccccc5)CC4)[C@@H](C)[C@@H](c4ccc(CO)cc4)O3)c2)c1. The molecule has 58 heavy (non-hydrogen) atoms. The molecule has 2 heterocycles. The highest BCUT2D eigenvalue weighted by atomic mass is 16.7. The molecule has 2 fully saturated rings. The molecule has 7 rings (SSSR count). The van der Waals surface area contributed by atoms with Crippen LogP contribution in [0.3, 0.4) is 0 Å². The highest BCUT2D eigenvalue weighted by Crippen LogP contribution is 2.42. The number of aliphatic hydroxyl groups is 1. The Morgan fingerprint density at radius 1 is 0.724 bits per heavy atom. The first-order valence-corrected chi connectivity index (χ1v) is 20.2. The molecule has 10 heteroatoms. The van der Waals surface area contributed by atoms with Crippen LogP contribution in [0.15, 0.2) is 133 Å². The van der Waals surface area contributed by atoms with Crippen molar-refractivity contribution in [2.75, 3.05) is 39.8 Å². The van der Waals surface area contributed by atoms with E-state index in [1.165, 1.54) is 12.7 Å². The van der Waals surface area contributed by atoms with Crippen molar-refractivity contribution in [1.82, 2.24) is 20.4 Å². The monoisotopic (exact) mass is 782 g/mol. The van der Waals surface area contributed by atoms with Crippen LogP contribution < -0.4 is 10.6 Å². The summed E-state index contributed by atoms with van der Waals surface area (Å²) < 4.78 is 18.7. The quantitative estimate of drug-likeness (QED) is 0.103. The zero-order valence-electron chi connectivity index (χ0n) is 33.3. The normalized spacial score (nSPS) is 20.5. The van der Waals surface area contributed by atoms with Gasteiger partial charge in [-0.15, -0.1) is 0 Å². The second kappa shape index (κ2) is 19.9. The van der Waals surface area contributed by atoms with Gasteiger partial charge >= 0.3 is 12.0 Å². The zero-order valence-corrected chi connectivity index (χ0v) is 33.3. The van der Waals surface area contributed by atoms with Crippen LogP contribution in [0.25, 0.3) is 11.1 Å². The number of esters is 1. The number of ether oxygens (including phenoxy) is 3. The summed E-state index contributed by atoms with van der Waals surface area (Å²) in [7, 11) is 1.32. The van der Waals surface area contributed by atoms with E-state index in [9.17, 15) is 14.7 Å². The fraction of sp³-hybridized carbons (Fsp3) is 0.333. The van der Waals surface area contributed by atoms with Crippen LogP contribution >= 0.6 is 0 Å². The predicted octanol–water partition coefficient (Wildman–Crippen LogP) is 7.04. The molecular formula is C48H54N4O6. The Labute approximate surface area is 341 Å². The Morgan fingerprint density at radius 3 is 2.05 bits per heavy atom. The summed E-state index contributed by atoms with van der Waals surface area (Å²) in [5, 5.41) is 15.4. The molecule has 0 spiro atoms. The van der Waals surface area contributed by atoms with Crippen molar-refractivity contribution in [2.24, 2.45) is 5.92 Å². The van der Waals surface area contributed by atoms with E-state index >= 15 is 0 Å². The van der Waals surface area contributed by atoms with E-state index in [0.29, 0.717) is 6.42 Å². The van der Waals surface area contributed by atoms with E-state index in [1.807, 2.05) is 66.7 Å². The number of carbonyl (C=O) groups is 2. The van der Waals surface area contributed by atoms with Gasteiger partial charge in [-0.3, -0.25) is 9.80 Å². The summed E-state index contributed by atoms with van der Waals surface area (Å²) in [5.41, 5.74) is 8.01. The fourth-order valence-corrected chi connectivity index (χ4v) is 7.86. The van der Waals surface area contributed by atoms with Crippen molar-refractivity contribution >= 4 is 12.0 Å². The number of piperazine rings is 1. The molecule has 2 aliphatic heterocycles. The van der Waals surface area contributed by atoms with Crippen LogP contribution in [0.1, 0.15) is 52.7 Å². The number of hydrogen-bond donors (Lipinski definition) is 3. The third-order valence-electron chi connectivity index (χ3n) is 11.2. The summed E-state index contributed by atoms with van der Waals surface area (Å²) in [5.74, 6) is -0.416. The number of nitrogens with zero attached hydrogens (tertiary/aromatic N) is 2. The first-order chi connectivity index (χ1) is 28.3. The molecule has 0 bridgehead atoms. The van der Waals surface area contributed by atoms with Gasteiger partial charge in [0.1, 0.15) is 6.04 Å². The zero-order chi connectivity index (χ0) is 40.3. The van der Waals surface area contributed by atoms with Crippen molar-refractivity contribution in [3.05, 3.63) is 167 Å². The number of amides is 2. The predicted molar refractivity (Wildman–Crippen MR) is 224 cm³/mol.